The molecule has 0 radical (unpaired) electrons. The molecule has 0 saturated carbocycles. The first-order chi connectivity index (χ1) is 15.2. The van der Waals surface area contributed by atoms with Gasteiger partial charge < -0.3 is 14.8 Å². The fourth-order valence-electron chi connectivity index (χ4n) is 3.45. The fourth-order valence-corrected chi connectivity index (χ4v) is 4.40. The molecule has 3 aromatic rings. The molecular formula is C23H28N4O4S. The van der Waals surface area contributed by atoms with E-state index in [0.717, 1.165) is 15.2 Å². The lowest BCUT2D eigenvalue weighted by Crippen LogP contribution is -2.33. The van der Waals surface area contributed by atoms with Crippen molar-refractivity contribution < 1.29 is 18.0 Å². The number of anilines is 1. The minimum Gasteiger partial charge on any atom is -0.342 e. The number of fused-ring (bicyclic) bond motifs is 1. The number of likely N-dealkylation sites (N-methyl/N-ethyl adjacent to an activating group) is 1. The Morgan fingerprint density at radius 1 is 1.00 bits per heavy atom. The van der Waals surface area contributed by atoms with Crippen LogP contribution in [0.4, 0.5) is 5.69 Å². The van der Waals surface area contributed by atoms with Gasteiger partial charge in [0.15, 0.2) is 0 Å². The molecule has 0 aliphatic heterocycles. The first-order valence-corrected chi connectivity index (χ1v) is 11.8. The summed E-state index contributed by atoms with van der Waals surface area (Å²) in [4.78, 5) is 27.0. The first-order valence-electron chi connectivity index (χ1n) is 10.4. The third kappa shape index (κ3) is 4.84. The molecule has 0 atom stereocenters. The van der Waals surface area contributed by atoms with E-state index in [0.29, 0.717) is 18.8 Å². The molecular weight excluding hydrogens is 428 g/mol. The number of carbonyl (C=O) groups excluding carboxylic acids is 2. The van der Waals surface area contributed by atoms with Crippen LogP contribution in [0.5, 0.6) is 0 Å². The average molecular weight is 457 g/mol. The zero-order valence-electron chi connectivity index (χ0n) is 18.7. The van der Waals surface area contributed by atoms with E-state index in [1.165, 1.54) is 26.2 Å². The van der Waals surface area contributed by atoms with Crippen molar-refractivity contribution >= 4 is 38.4 Å². The molecule has 2 amide bonds. The second kappa shape index (κ2) is 9.54. The van der Waals surface area contributed by atoms with E-state index >= 15 is 0 Å². The van der Waals surface area contributed by atoms with Gasteiger partial charge >= 0.3 is 0 Å². The molecule has 3 rings (SSSR count). The second-order valence-corrected chi connectivity index (χ2v) is 9.70. The summed E-state index contributed by atoms with van der Waals surface area (Å²) in [5.74, 6) is -0.353. The van der Waals surface area contributed by atoms with Gasteiger partial charge in [-0.05, 0) is 56.3 Å². The van der Waals surface area contributed by atoms with Gasteiger partial charge in [-0.15, -0.1) is 0 Å². The highest BCUT2D eigenvalue weighted by molar-refractivity contribution is 7.89. The Morgan fingerprint density at radius 2 is 1.72 bits per heavy atom. The first kappa shape index (κ1) is 23.5. The molecule has 32 heavy (non-hydrogen) atoms. The molecule has 1 aromatic heterocycles. The van der Waals surface area contributed by atoms with E-state index < -0.39 is 15.9 Å². The number of rotatable bonds is 8. The Bertz CT molecular complexity index is 1240. The van der Waals surface area contributed by atoms with Crippen molar-refractivity contribution in [3.63, 3.8) is 0 Å². The zero-order valence-corrected chi connectivity index (χ0v) is 19.5. The Morgan fingerprint density at radius 3 is 2.38 bits per heavy atom. The largest absolute Gasteiger partial charge is 0.342 e. The van der Waals surface area contributed by atoms with Gasteiger partial charge in [0.25, 0.3) is 5.91 Å². The molecule has 0 saturated heterocycles. The highest BCUT2D eigenvalue weighted by atomic mass is 32.2. The smallest absolute Gasteiger partial charge is 0.255 e. The maximum atomic E-state index is 12.7. The maximum absolute atomic E-state index is 12.7. The van der Waals surface area contributed by atoms with E-state index in [2.05, 4.69) is 5.32 Å². The van der Waals surface area contributed by atoms with Crippen molar-refractivity contribution in [1.29, 1.82) is 0 Å². The van der Waals surface area contributed by atoms with E-state index in [4.69, 9.17) is 0 Å². The third-order valence-corrected chi connectivity index (χ3v) is 7.14. The SMILES string of the molecule is CCN(CC)C(=O)Cn1ccc2cc(NC(=O)c3cccc(S(=O)(=O)N(C)C)c3)ccc21. The number of benzene rings is 2. The van der Waals surface area contributed by atoms with E-state index in [-0.39, 0.29) is 22.9 Å². The Labute approximate surface area is 188 Å². The molecule has 0 bridgehead atoms. The number of carbonyl (C=O) groups is 2. The van der Waals surface area contributed by atoms with Gasteiger partial charge in [-0.3, -0.25) is 9.59 Å². The van der Waals surface area contributed by atoms with Gasteiger partial charge in [0.1, 0.15) is 6.54 Å². The predicted molar refractivity (Wildman–Crippen MR) is 125 cm³/mol. The van der Waals surface area contributed by atoms with Crippen molar-refractivity contribution in [3.8, 4) is 0 Å². The standard InChI is InChI=1S/C23H28N4O4S/c1-5-26(6-2)22(28)16-27-13-12-17-14-19(10-11-21(17)27)24-23(29)18-8-7-9-20(15-18)32(30,31)25(3)4/h7-15H,5-6,16H2,1-4H3,(H,24,29). The molecule has 8 nitrogen and oxygen atoms in total. The highest BCUT2D eigenvalue weighted by Gasteiger charge is 2.19. The summed E-state index contributed by atoms with van der Waals surface area (Å²) < 4.78 is 27.7. The van der Waals surface area contributed by atoms with Crippen LogP contribution < -0.4 is 5.32 Å². The van der Waals surface area contributed by atoms with Gasteiger partial charge in [0, 0.05) is 55.5 Å². The number of hydrogen-bond acceptors (Lipinski definition) is 4. The number of aromatic nitrogens is 1. The summed E-state index contributed by atoms with van der Waals surface area (Å²) in [6.07, 6.45) is 1.85. The fraction of sp³-hybridized carbons (Fsp3) is 0.304. The number of nitrogens with one attached hydrogen (secondary N) is 1. The average Bonchev–Trinajstić information content (AvgIpc) is 3.16. The van der Waals surface area contributed by atoms with Crippen LogP contribution in [0.3, 0.4) is 0 Å². The van der Waals surface area contributed by atoms with E-state index in [1.54, 1.807) is 23.1 Å². The molecule has 0 aliphatic rings. The van der Waals surface area contributed by atoms with Crippen LogP contribution >= 0.6 is 0 Å². The number of amides is 2. The third-order valence-electron chi connectivity index (χ3n) is 5.33. The molecule has 1 N–H and O–H groups in total. The molecule has 0 spiro atoms. The molecule has 0 aliphatic carbocycles. The quantitative estimate of drug-likeness (QED) is 0.564. The highest BCUT2D eigenvalue weighted by Crippen LogP contribution is 2.22. The maximum Gasteiger partial charge on any atom is 0.255 e. The topological polar surface area (TPSA) is 91.7 Å². The van der Waals surface area contributed by atoms with Crippen LogP contribution in [0.1, 0.15) is 24.2 Å². The molecule has 9 heteroatoms. The summed E-state index contributed by atoms with van der Waals surface area (Å²) in [5.41, 5.74) is 1.72. The van der Waals surface area contributed by atoms with Gasteiger partial charge in [0.2, 0.25) is 15.9 Å². The van der Waals surface area contributed by atoms with Crippen molar-refractivity contribution in [3.05, 3.63) is 60.3 Å². The summed E-state index contributed by atoms with van der Waals surface area (Å²) >= 11 is 0. The minimum atomic E-state index is -3.63. The zero-order chi connectivity index (χ0) is 23.5. The lowest BCUT2D eigenvalue weighted by Gasteiger charge is -2.19. The molecule has 170 valence electrons. The summed E-state index contributed by atoms with van der Waals surface area (Å²) in [6, 6.07) is 13.3. The van der Waals surface area contributed by atoms with Crippen LogP contribution in [0.2, 0.25) is 0 Å². The van der Waals surface area contributed by atoms with E-state index in [9.17, 15) is 18.0 Å². The molecule has 0 fully saturated rings. The van der Waals surface area contributed by atoms with Gasteiger partial charge in [0.05, 0.1) is 4.90 Å². The van der Waals surface area contributed by atoms with Crippen molar-refractivity contribution in [2.24, 2.45) is 0 Å². The predicted octanol–water partition coefficient (Wildman–Crippen LogP) is 3.01. The van der Waals surface area contributed by atoms with E-state index in [1.807, 2.05) is 42.8 Å². The van der Waals surface area contributed by atoms with Crippen LogP contribution in [-0.4, -0.2) is 61.2 Å². The second-order valence-electron chi connectivity index (χ2n) is 7.55. The Hall–Kier alpha value is -3.17. The van der Waals surface area contributed by atoms with Gasteiger partial charge in [-0.2, -0.15) is 0 Å². The van der Waals surface area contributed by atoms with Crippen LogP contribution in [0.25, 0.3) is 10.9 Å². The lowest BCUT2D eigenvalue weighted by atomic mass is 10.2. The van der Waals surface area contributed by atoms with Crippen molar-refractivity contribution in [1.82, 2.24) is 13.8 Å². The molecule has 1 heterocycles. The van der Waals surface area contributed by atoms with Crippen molar-refractivity contribution in [2.75, 3.05) is 32.5 Å². The minimum absolute atomic E-state index is 0.0532. The molecule has 0 unspecified atom stereocenters. The summed E-state index contributed by atoms with van der Waals surface area (Å²) in [5, 5.41) is 3.70. The normalized spacial score (nSPS) is 11.7. The summed E-state index contributed by atoms with van der Waals surface area (Å²) in [7, 11) is -0.745. The Kier molecular flexibility index (Phi) is 7.00. The van der Waals surface area contributed by atoms with Crippen LogP contribution in [-0.2, 0) is 21.4 Å². The number of nitrogens with zero attached hydrogens (tertiary/aromatic N) is 3. The van der Waals surface area contributed by atoms with Crippen molar-refractivity contribution in [2.45, 2.75) is 25.3 Å². The van der Waals surface area contributed by atoms with Crippen LogP contribution in [0, 0.1) is 0 Å². The summed E-state index contributed by atoms with van der Waals surface area (Å²) in [6.45, 7) is 5.50. The van der Waals surface area contributed by atoms with Crippen LogP contribution in [0.15, 0.2) is 59.6 Å². The molecule has 2 aromatic carbocycles. The van der Waals surface area contributed by atoms with Gasteiger partial charge in [-0.25, -0.2) is 12.7 Å². The Balaban J connectivity index is 1.79. The number of hydrogen-bond donors (Lipinski definition) is 1. The monoisotopic (exact) mass is 456 g/mol. The van der Waals surface area contributed by atoms with Gasteiger partial charge in [-0.1, -0.05) is 6.07 Å². The number of sulfonamides is 1. The lowest BCUT2D eigenvalue weighted by molar-refractivity contribution is -0.131.